The maximum atomic E-state index is 13.2. The van der Waals surface area contributed by atoms with Gasteiger partial charge in [0.15, 0.2) is 11.6 Å². The molecule has 3 aromatic carbocycles. The van der Waals surface area contributed by atoms with E-state index in [0.29, 0.717) is 28.1 Å². The fraction of sp³-hybridized carbons (Fsp3) is 0.130. The topological polar surface area (TPSA) is 84.2 Å². The van der Waals surface area contributed by atoms with Gasteiger partial charge in [0.05, 0.1) is 16.8 Å². The highest BCUT2D eigenvalue weighted by Gasteiger charge is 2.33. The number of benzene rings is 3. The van der Waals surface area contributed by atoms with Gasteiger partial charge in [-0.25, -0.2) is 0 Å². The molecule has 0 aliphatic heterocycles. The maximum Gasteiger partial charge on any atom is 0.196 e. The van der Waals surface area contributed by atoms with E-state index < -0.39 is 0 Å². The number of nitrogens with one attached hydrogen (secondary N) is 2. The molecule has 28 heavy (non-hydrogen) atoms. The summed E-state index contributed by atoms with van der Waals surface area (Å²) < 4.78 is 0. The van der Waals surface area contributed by atoms with Crippen molar-refractivity contribution >= 4 is 28.6 Å². The Morgan fingerprint density at radius 3 is 2.29 bits per heavy atom. The monoisotopic (exact) mass is 371 g/mol. The lowest BCUT2D eigenvalue weighted by Gasteiger charge is -2.22. The van der Waals surface area contributed by atoms with Gasteiger partial charge in [0, 0.05) is 29.0 Å². The lowest BCUT2D eigenvalue weighted by Crippen LogP contribution is -2.23. The van der Waals surface area contributed by atoms with E-state index in [2.05, 4.69) is 17.6 Å². The van der Waals surface area contributed by atoms with Crippen LogP contribution in [0.5, 0.6) is 0 Å². The van der Waals surface area contributed by atoms with Crippen LogP contribution in [0.15, 0.2) is 60.7 Å². The Hall–Kier alpha value is -3.44. The summed E-state index contributed by atoms with van der Waals surface area (Å²) in [5.41, 5.74) is 10.4. The molecule has 5 heteroatoms. The van der Waals surface area contributed by atoms with Crippen molar-refractivity contribution in [2.24, 2.45) is 0 Å². The number of hydrogen-bond acceptors (Lipinski definition) is 5. The summed E-state index contributed by atoms with van der Waals surface area (Å²) in [5.74, 6) is -0.406. The SMILES string of the molecule is CCNCc1cccc(Nc2ccc(N)c3c2C(=O)c2ccccc2C3=O)c1. The molecule has 1 aliphatic carbocycles. The van der Waals surface area contributed by atoms with Gasteiger partial charge in [-0.15, -0.1) is 0 Å². The number of hydrogen-bond donors (Lipinski definition) is 3. The van der Waals surface area contributed by atoms with E-state index in [-0.39, 0.29) is 17.1 Å². The molecule has 0 bridgehead atoms. The van der Waals surface area contributed by atoms with Gasteiger partial charge in [-0.2, -0.15) is 0 Å². The Bertz CT molecular complexity index is 1090. The molecular formula is C23H21N3O2. The first kappa shape index (κ1) is 17.9. The molecule has 0 saturated heterocycles. The minimum Gasteiger partial charge on any atom is -0.398 e. The van der Waals surface area contributed by atoms with Crippen molar-refractivity contribution in [3.63, 3.8) is 0 Å². The number of nitrogens with two attached hydrogens (primary N) is 1. The number of anilines is 3. The van der Waals surface area contributed by atoms with E-state index in [9.17, 15) is 9.59 Å². The average molecular weight is 371 g/mol. The quantitative estimate of drug-likeness (QED) is 0.464. The van der Waals surface area contributed by atoms with Gasteiger partial charge in [0.25, 0.3) is 0 Å². The minimum absolute atomic E-state index is 0.191. The number of fused-ring (bicyclic) bond motifs is 2. The van der Waals surface area contributed by atoms with Crippen molar-refractivity contribution in [2.75, 3.05) is 17.6 Å². The third-order valence-electron chi connectivity index (χ3n) is 4.89. The standard InChI is InChI=1S/C23H21N3O2/c1-2-25-13-14-6-5-7-15(12-14)26-19-11-10-18(24)20-21(19)23(28)17-9-4-3-8-16(17)22(20)27/h3-12,25-26H,2,13,24H2,1H3. The predicted molar refractivity (Wildman–Crippen MR) is 111 cm³/mol. The highest BCUT2D eigenvalue weighted by Crippen LogP contribution is 2.36. The Morgan fingerprint density at radius 1 is 0.857 bits per heavy atom. The fourth-order valence-corrected chi connectivity index (χ4v) is 3.54. The van der Waals surface area contributed by atoms with Gasteiger partial charge in [0.2, 0.25) is 0 Å². The molecule has 0 atom stereocenters. The molecule has 4 rings (SSSR count). The first-order chi connectivity index (χ1) is 13.6. The summed E-state index contributed by atoms with van der Waals surface area (Å²) in [5, 5.41) is 6.60. The van der Waals surface area contributed by atoms with E-state index in [1.165, 1.54) is 0 Å². The second kappa shape index (κ2) is 7.29. The summed E-state index contributed by atoms with van der Waals surface area (Å²) >= 11 is 0. The maximum absolute atomic E-state index is 13.2. The number of nitrogen functional groups attached to an aromatic ring is 1. The number of rotatable bonds is 5. The summed E-state index contributed by atoms with van der Waals surface area (Å²) in [6, 6.07) is 18.2. The Labute approximate surface area is 163 Å². The Balaban J connectivity index is 1.77. The highest BCUT2D eigenvalue weighted by molar-refractivity contribution is 6.31. The number of ketones is 2. The van der Waals surface area contributed by atoms with Crippen LogP contribution in [0.3, 0.4) is 0 Å². The minimum atomic E-state index is -0.216. The molecule has 1 aliphatic rings. The second-order valence-corrected chi connectivity index (χ2v) is 6.76. The molecule has 0 aromatic heterocycles. The molecule has 4 N–H and O–H groups in total. The van der Waals surface area contributed by atoms with Crippen LogP contribution < -0.4 is 16.4 Å². The van der Waals surface area contributed by atoms with Gasteiger partial charge in [0.1, 0.15) is 0 Å². The first-order valence-corrected chi connectivity index (χ1v) is 9.27. The van der Waals surface area contributed by atoms with E-state index in [1.807, 2.05) is 24.3 Å². The largest absolute Gasteiger partial charge is 0.398 e. The number of carbonyl (C=O) groups is 2. The van der Waals surface area contributed by atoms with Crippen LogP contribution in [0.1, 0.15) is 44.3 Å². The van der Waals surface area contributed by atoms with E-state index in [0.717, 1.165) is 24.3 Å². The van der Waals surface area contributed by atoms with Crippen molar-refractivity contribution in [2.45, 2.75) is 13.5 Å². The molecule has 0 radical (unpaired) electrons. The van der Waals surface area contributed by atoms with Gasteiger partial charge < -0.3 is 16.4 Å². The Kier molecular flexibility index (Phi) is 4.67. The normalized spacial score (nSPS) is 12.5. The third kappa shape index (κ3) is 3.06. The van der Waals surface area contributed by atoms with Crippen molar-refractivity contribution in [1.82, 2.24) is 5.32 Å². The zero-order chi connectivity index (χ0) is 19.7. The van der Waals surface area contributed by atoms with Crippen LogP contribution in [0.4, 0.5) is 17.1 Å². The zero-order valence-corrected chi connectivity index (χ0v) is 15.6. The molecule has 0 heterocycles. The van der Waals surface area contributed by atoms with Gasteiger partial charge in [-0.05, 0) is 36.4 Å². The summed E-state index contributed by atoms with van der Waals surface area (Å²) in [6.45, 7) is 3.71. The van der Waals surface area contributed by atoms with Crippen LogP contribution in [-0.2, 0) is 6.54 Å². The van der Waals surface area contributed by atoms with Crippen molar-refractivity contribution in [3.8, 4) is 0 Å². The summed E-state index contributed by atoms with van der Waals surface area (Å²) in [6.07, 6.45) is 0. The molecule has 0 saturated carbocycles. The average Bonchev–Trinajstić information content (AvgIpc) is 2.72. The molecule has 0 unspecified atom stereocenters. The number of carbonyl (C=O) groups excluding carboxylic acids is 2. The van der Waals surface area contributed by atoms with Gasteiger partial charge in [-0.3, -0.25) is 9.59 Å². The molecule has 0 spiro atoms. The van der Waals surface area contributed by atoms with E-state index >= 15 is 0 Å². The predicted octanol–water partition coefficient (Wildman–Crippen LogP) is 3.90. The summed E-state index contributed by atoms with van der Waals surface area (Å²) in [4.78, 5) is 26.2. The fourth-order valence-electron chi connectivity index (χ4n) is 3.54. The van der Waals surface area contributed by atoms with Crippen molar-refractivity contribution < 1.29 is 9.59 Å². The van der Waals surface area contributed by atoms with Crippen LogP contribution in [-0.4, -0.2) is 18.1 Å². The lowest BCUT2D eigenvalue weighted by atomic mass is 9.82. The molecule has 140 valence electrons. The van der Waals surface area contributed by atoms with Gasteiger partial charge >= 0.3 is 0 Å². The van der Waals surface area contributed by atoms with Crippen LogP contribution in [0.25, 0.3) is 0 Å². The lowest BCUT2D eigenvalue weighted by molar-refractivity contribution is 0.0980. The Morgan fingerprint density at radius 2 is 1.57 bits per heavy atom. The van der Waals surface area contributed by atoms with Crippen molar-refractivity contribution in [1.29, 1.82) is 0 Å². The molecular weight excluding hydrogens is 350 g/mol. The molecule has 0 amide bonds. The smallest absolute Gasteiger partial charge is 0.196 e. The van der Waals surface area contributed by atoms with Crippen molar-refractivity contribution in [3.05, 3.63) is 88.5 Å². The van der Waals surface area contributed by atoms with E-state index in [1.54, 1.807) is 36.4 Å². The molecule has 3 aromatic rings. The van der Waals surface area contributed by atoms with Gasteiger partial charge in [-0.1, -0.05) is 43.3 Å². The third-order valence-corrected chi connectivity index (χ3v) is 4.89. The zero-order valence-electron chi connectivity index (χ0n) is 15.6. The second-order valence-electron chi connectivity index (χ2n) is 6.76. The molecule has 5 nitrogen and oxygen atoms in total. The summed E-state index contributed by atoms with van der Waals surface area (Å²) in [7, 11) is 0. The van der Waals surface area contributed by atoms with E-state index in [4.69, 9.17) is 5.73 Å². The van der Waals surface area contributed by atoms with Crippen LogP contribution >= 0.6 is 0 Å². The first-order valence-electron chi connectivity index (χ1n) is 9.27. The highest BCUT2D eigenvalue weighted by atomic mass is 16.1. The molecule has 0 fully saturated rings. The van der Waals surface area contributed by atoms with Crippen LogP contribution in [0, 0.1) is 0 Å². The van der Waals surface area contributed by atoms with Crippen LogP contribution in [0.2, 0.25) is 0 Å².